The van der Waals surface area contributed by atoms with Gasteiger partial charge in [0.05, 0.1) is 17.0 Å². The molecule has 1 aliphatic heterocycles. The van der Waals surface area contributed by atoms with Gasteiger partial charge in [0.15, 0.2) is 0 Å². The van der Waals surface area contributed by atoms with Gasteiger partial charge < -0.3 is 10.6 Å². The first-order valence-electron chi connectivity index (χ1n) is 13.9. The molecule has 1 aliphatic carbocycles. The smallest absolute Gasteiger partial charge is 0.325 e. The quantitative estimate of drug-likeness (QED) is 0.221. The van der Waals surface area contributed by atoms with E-state index in [0.29, 0.717) is 5.69 Å². The van der Waals surface area contributed by atoms with Gasteiger partial charge in [0.25, 0.3) is 0 Å². The maximum Gasteiger partial charge on any atom is 0.326 e. The summed E-state index contributed by atoms with van der Waals surface area (Å²) in [6, 6.07) is 31.3. The summed E-state index contributed by atoms with van der Waals surface area (Å²) < 4.78 is 0. The number of thioether (sulfide) groups is 2. The highest BCUT2D eigenvalue weighted by Gasteiger charge is 2.36. The van der Waals surface area contributed by atoms with Gasteiger partial charge in [-0.1, -0.05) is 85.0 Å². The lowest BCUT2D eigenvalue weighted by Crippen LogP contribution is -2.49. The summed E-state index contributed by atoms with van der Waals surface area (Å²) >= 11 is 3.24. The topological polar surface area (TPSA) is 61.4 Å². The average Bonchev–Trinajstić information content (AvgIpc) is 3.01. The van der Waals surface area contributed by atoms with Crippen molar-refractivity contribution in [2.75, 3.05) is 15.5 Å². The Labute approximate surface area is 255 Å². The van der Waals surface area contributed by atoms with E-state index >= 15 is 0 Å². The third-order valence-electron chi connectivity index (χ3n) is 7.29. The second-order valence-electron chi connectivity index (χ2n) is 10.4. The highest BCUT2D eigenvalue weighted by molar-refractivity contribution is 8.00. The van der Waals surface area contributed by atoms with Gasteiger partial charge in [0.2, 0.25) is 5.91 Å². The standard InChI is InChI=1S/C35H31N3O2S2/c1-23-19-20-24(2)28(21-23)37-34(39)33(25-11-4-3-5-12-25)41-27-14-10-13-26(22-27)36-35(40)38-29-15-6-8-17-31(29)42-32-18-9-7-16-30(32)38/h3-22,29,31,33H,1-2H3,(H,36,40)(H,37,39). The molecule has 4 aromatic rings. The van der Waals surface area contributed by atoms with Gasteiger partial charge in [-0.2, -0.15) is 0 Å². The molecular weight excluding hydrogens is 559 g/mol. The second-order valence-corrected chi connectivity index (χ2v) is 12.8. The number of aryl methyl sites for hydroxylation is 2. The Morgan fingerprint density at radius 1 is 0.833 bits per heavy atom. The number of benzene rings is 4. The highest BCUT2D eigenvalue weighted by atomic mass is 32.2. The third-order valence-corrected chi connectivity index (χ3v) is 9.85. The Hall–Kier alpha value is -4.20. The molecule has 0 saturated carbocycles. The first-order chi connectivity index (χ1) is 20.5. The zero-order valence-corrected chi connectivity index (χ0v) is 25.0. The fourth-order valence-electron chi connectivity index (χ4n) is 5.16. The van der Waals surface area contributed by atoms with Gasteiger partial charge in [-0.3, -0.25) is 9.69 Å². The fourth-order valence-corrected chi connectivity index (χ4v) is 7.50. The van der Waals surface area contributed by atoms with Crippen LogP contribution in [0, 0.1) is 13.8 Å². The average molecular weight is 590 g/mol. The van der Waals surface area contributed by atoms with E-state index in [4.69, 9.17) is 0 Å². The van der Waals surface area contributed by atoms with Crippen LogP contribution < -0.4 is 15.5 Å². The van der Waals surface area contributed by atoms with Crippen molar-refractivity contribution in [3.8, 4) is 0 Å². The number of allylic oxidation sites excluding steroid dienone is 2. The maximum atomic E-state index is 13.8. The number of nitrogens with zero attached hydrogens (tertiary/aromatic N) is 1. The van der Waals surface area contributed by atoms with Crippen molar-refractivity contribution in [2.45, 2.75) is 40.2 Å². The van der Waals surface area contributed by atoms with E-state index in [1.165, 1.54) is 11.8 Å². The van der Waals surface area contributed by atoms with Gasteiger partial charge in [0.1, 0.15) is 5.25 Å². The van der Waals surface area contributed by atoms with Crippen LogP contribution in [-0.2, 0) is 4.79 Å². The number of amides is 3. The Balaban J connectivity index is 1.24. The molecule has 0 bridgehead atoms. The van der Waals surface area contributed by atoms with Crippen molar-refractivity contribution in [1.82, 2.24) is 0 Å². The van der Waals surface area contributed by atoms with Crippen LogP contribution in [0.25, 0.3) is 0 Å². The molecule has 6 rings (SSSR count). The molecule has 0 aromatic heterocycles. The van der Waals surface area contributed by atoms with Gasteiger partial charge in [-0.05, 0) is 66.9 Å². The Kier molecular flexibility index (Phi) is 8.22. The molecule has 3 atom stereocenters. The van der Waals surface area contributed by atoms with Crippen molar-refractivity contribution in [2.24, 2.45) is 0 Å². The largest absolute Gasteiger partial charge is 0.326 e. The van der Waals surface area contributed by atoms with Crippen LogP contribution in [0.1, 0.15) is 21.9 Å². The molecule has 7 heteroatoms. The summed E-state index contributed by atoms with van der Waals surface area (Å²) in [7, 11) is 0. The van der Waals surface area contributed by atoms with Crippen molar-refractivity contribution in [1.29, 1.82) is 0 Å². The van der Waals surface area contributed by atoms with Gasteiger partial charge in [-0.15, -0.1) is 23.5 Å². The lowest BCUT2D eigenvalue weighted by atomic mass is 10.1. The molecule has 3 amide bonds. The number of hydrogen-bond acceptors (Lipinski definition) is 4. The number of urea groups is 1. The predicted molar refractivity (Wildman–Crippen MR) is 176 cm³/mol. The molecular formula is C35H31N3O2S2. The maximum absolute atomic E-state index is 13.8. The molecule has 0 radical (unpaired) electrons. The molecule has 0 saturated heterocycles. The summed E-state index contributed by atoms with van der Waals surface area (Å²) in [4.78, 5) is 31.3. The zero-order chi connectivity index (χ0) is 29.1. The first-order valence-corrected chi connectivity index (χ1v) is 15.6. The fraction of sp³-hybridized carbons (Fsp3) is 0.143. The predicted octanol–water partition coefficient (Wildman–Crippen LogP) is 8.78. The minimum atomic E-state index is -0.483. The number of fused-ring (bicyclic) bond motifs is 2. The minimum absolute atomic E-state index is 0.0799. The monoisotopic (exact) mass is 589 g/mol. The van der Waals surface area contributed by atoms with Crippen LogP contribution >= 0.6 is 23.5 Å². The van der Waals surface area contributed by atoms with E-state index < -0.39 is 5.25 Å². The Morgan fingerprint density at radius 2 is 1.62 bits per heavy atom. The molecule has 2 aliphatic rings. The van der Waals surface area contributed by atoms with Gasteiger partial charge in [0, 0.05) is 21.2 Å². The summed E-state index contributed by atoms with van der Waals surface area (Å²) in [5.41, 5.74) is 5.40. The number of nitrogens with one attached hydrogen (secondary N) is 2. The van der Waals surface area contributed by atoms with Crippen LogP contribution in [0.2, 0.25) is 0 Å². The molecule has 5 nitrogen and oxygen atoms in total. The SMILES string of the molecule is Cc1ccc(C)c(NC(=O)C(Sc2cccc(NC(=O)N3c4ccccc4SC4C=CC=CC43)c2)c2ccccc2)c1. The molecule has 1 heterocycles. The number of anilines is 3. The van der Waals surface area contributed by atoms with Crippen molar-refractivity contribution in [3.05, 3.63) is 138 Å². The third kappa shape index (κ3) is 6.03. The molecule has 0 spiro atoms. The first kappa shape index (κ1) is 27.9. The van der Waals surface area contributed by atoms with Crippen molar-refractivity contribution < 1.29 is 9.59 Å². The highest BCUT2D eigenvalue weighted by Crippen LogP contribution is 2.44. The molecule has 3 unspecified atom stereocenters. The zero-order valence-electron chi connectivity index (χ0n) is 23.4. The summed E-state index contributed by atoms with van der Waals surface area (Å²) in [6.07, 6.45) is 8.27. The van der Waals surface area contributed by atoms with Crippen LogP contribution in [0.15, 0.2) is 131 Å². The molecule has 2 N–H and O–H groups in total. The van der Waals surface area contributed by atoms with Crippen molar-refractivity contribution >= 4 is 52.5 Å². The van der Waals surface area contributed by atoms with Crippen molar-refractivity contribution in [3.63, 3.8) is 0 Å². The number of carbonyl (C=O) groups is 2. The number of rotatable bonds is 6. The van der Waals surface area contributed by atoms with Crippen LogP contribution in [0.4, 0.5) is 21.9 Å². The summed E-state index contributed by atoms with van der Waals surface area (Å²) in [5.74, 6) is -0.0973. The lowest BCUT2D eigenvalue weighted by molar-refractivity contribution is -0.115. The molecule has 4 aromatic carbocycles. The van der Waals surface area contributed by atoms with Gasteiger partial charge >= 0.3 is 6.03 Å². The molecule has 210 valence electrons. The van der Waals surface area contributed by atoms with E-state index in [1.807, 2.05) is 122 Å². The minimum Gasteiger partial charge on any atom is -0.325 e. The summed E-state index contributed by atoms with van der Waals surface area (Å²) in [5, 5.41) is 5.94. The Morgan fingerprint density at radius 3 is 2.48 bits per heavy atom. The normalized spacial score (nSPS) is 17.6. The van der Waals surface area contributed by atoms with E-state index in [1.54, 1.807) is 11.8 Å². The molecule has 42 heavy (non-hydrogen) atoms. The van der Waals surface area contributed by atoms with E-state index in [0.717, 1.165) is 37.9 Å². The van der Waals surface area contributed by atoms with E-state index in [2.05, 4.69) is 28.9 Å². The number of para-hydroxylation sites is 1. The number of carbonyl (C=O) groups excluding carboxylic acids is 2. The van der Waals surface area contributed by atoms with E-state index in [9.17, 15) is 9.59 Å². The number of hydrogen-bond donors (Lipinski definition) is 2. The van der Waals surface area contributed by atoms with Crippen LogP contribution in [0.3, 0.4) is 0 Å². The second kappa shape index (κ2) is 12.3. The molecule has 0 fully saturated rings. The van der Waals surface area contributed by atoms with Crippen LogP contribution in [0.5, 0.6) is 0 Å². The van der Waals surface area contributed by atoms with Crippen LogP contribution in [-0.4, -0.2) is 23.2 Å². The lowest BCUT2D eigenvalue weighted by Gasteiger charge is -2.40. The summed E-state index contributed by atoms with van der Waals surface area (Å²) in [6.45, 7) is 4.01. The van der Waals surface area contributed by atoms with E-state index in [-0.39, 0.29) is 23.2 Å². The Bertz CT molecular complexity index is 1680. The van der Waals surface area contributed by atoms with Gasteiger partial charge in [-0.25, -0.2) is 4.79 Å².